The van der Waals surface area contributed by atoms with Crippen molar-refractivity contribution in [2.75, 3.05) is 13.1 Å². The fourth-order valence-corrected chi connectivity index (χ4v) is 0. The summed E-state index contributed by atoms with van der Waals surface area (Å²) in [4.78, 5) is 36.0. The summed E-state index contributed by atoms with van der Waals surface area (Å²) in [5.41, 5.74) is 9.81. The smallest absolute Gasteiger partial charge is 0.300 e. The molecule has 0 spiro atoms. The summed E-state index contributed by atoms with van der Waals surface area (Å²) < 4.78 is 0. The van der Waals surface area contributed by atoms with Gasteiger partial charge in [0.05, 0.1) is 0 Å². The van der Waals surface area contributed by atoms with Gasteiger partial charge in [0.25, 0.3) is 23.9 Å². The van der Waals surface area contributed by atoms with Crippen molar-refractivity contribution in [3.8, 4) is 0 Å². The van der Waals surface area contributed by atoms with Crippen molar-refractivity contribution in [3.05, 3.63) is 0 Å². The van der Waals surface area contributed by atoms with Crippen LogP contribution in [-0.4, -0.2) is 87.0 Å². The molecular weight excluding hydrogens is 354 g/mol. The zero-order valence-corrected chi connectivity index (χ0v) is 16.5. The second-order valence-electron chi connectivity index (χ2n) is 2.65. The van der Waals surface area contributed by atoms with Crippen molar-refractivity contribution in [2.45, 2.75) is 27.7 Å². The molecule has 0 saturated heterocycles. The SMILES string of the molecule is CC(=O)O.CC(=O)O.CC(=O)O.CC(=O)O.NCCN.[Mn].[Na]. The molecule has 22 heavy (non-hydrogen) atoms. The first kappa shape index (κ1) is 42.9. The first-order chi connectivity index (χ1) is 8.84. The third kappa shape index (κ3) is 63500. The van der Waals surface area contributed by atoms with Crippen molar-refractivity contribution in [1.82, 2.24) is 0 Å². The number of hydrogen-bond acceptors (Lipinski definition) is 6. The molecule has 0 unspecified atom stereocenters. The Morgan fingerprint density at radius 2 is 0.682 bits per heavy atom. The van der Waals surface area contributed by atoms with E-state index in [2.05, 4.69) is 0 Å². The fraction of sp³-hybridized carbons (Fsp3) is 0.600. The summed E-state index contributed by atoms with van der Waals surface area (Å²) >= 11 is 0. The van der Waals surface area contributed by atoms with Gasteiger partial charge in [-0.1, -0.05) is 0 Å². The van der Waals surface area contributed by atoms with Crippen molar-refractivity contribution in [1.29, 1.82) is 0 Å². The minimum Gasteiger partial charge on any atom is -0.481 e. The molecule has 0 heterocycles. The van der Waals surface area contributed by atoms with Crippen LogP contribution in [-0.2, 0) is 36.2 Å². The number of rotatable bonds is 1. The molecule has 0 fully saturated rings. The Hall–Kier alpha value is -0.681. The van der Waals surface area contributed by atoms with Crippen LogP contribution in [0.25, 0.3) is 0 Å². The van der Waals surface area contributed by atoms with E-state index in [9.17, 15) is 0 Å². The Labute approximate surface area is 162 Å². The number of carbonyl (C=O) groups is 4. The van der Waals surface area contributed by atoms with Gasteiger partial charge in [0.1, 0.15) is 0 Å². The van der Waals surface area contributed by atoms with Crippen molar-refractivity contribution >= 4 is 53.4 Å². The van der Waals surface area contributed by atoms with Crippen LogP contribution in [0.1, 0.15) is 27.7 Å². The summed E-state index contributed by atoms with van der Waals surface area (Å²) in [6.07, 6.45) is 0. The Bertz CT molecular complexity index is 201. The standard InChI is InChI=1S/C2H8N2.4C2H4O2.Mn.Na/c3-1-2-4;4*1-2(3)4;;/h1-4H2;4*1H3,(H,3,4);;. The molecule has 0 amide bonds. The molecule has 0 aromatic heterocycles. The summed E-state index contributed by atoms with van der Waals surface area (Å²) in [7, 11) is 0. The zero-order chi connectivity index (χ0) is 17.7. The normalized spacial score (nSPS) is 5.91. The molecular formula is C10H24MnN2NaO8. The average Bonchev–Trinajstić information content (AvgIpc) is 2.13. The minimum absolute atomic E-state index is 0. The number of nitrogens with two attached hydrogens (primary N) is 2. The molecule has 2 radical (unpaired) electrons. The van der Waals surface area contributed by atoms with Crippen molar-refractivity contribution < 1.29 is 56.7 Å². The molecule has 0 aromatic rings. The third-order valence-corrected chi connectivity index (χ3v) is 0.167. The van der Waals surface area contributed by atoms with Crippen LogP contribution in [0.3, 0.4) is 0 Å². The maximum Gasteiger partial charge on any atom is 0.300 e. The fourth-order valence-electron chi connectivity index (χ4n) is 0. The van der Waals surface area contributed by atoms with E-state index in [1.165, 1.54) is 0 Å². The van der Waals surface area contributed by atoms with Gasteiger partial charge in [0, 0.05) is 87.4 Å². The van der Waals surface area contributed by atoms with Crippen LogP contribution in [0.4, 0.5) is 0 Å². The van der Waals surface area contributed by atoms with Gasteiger partial charge < -0.3 is 31.9 Å². The Morgan fingerprint density at radius 1 is 0.636 bits per heavy atom. The van der Waals surface area contributed by atoms with E-state index < -0.39 is 23.9 Å². The Kier molecular flexibility index (Phi) is 83.4. The molecule has 0 aliphatic heterocycles. The third-order valence-electron chi connectivity index (χ3n) is 0.167. The number of carboxylic acids is 4. The molecule has 8 N–H and O–H groups in total. The van der Waals surface area contributed by atoms with Crippen molar-refractivity contribution in [2.24, 2.45) is 11.5 Å². The molecule has 0 saturated carbocycles. The van der Waals surface area contributed by atoms with Crippen molar-refractivity contribution in [3.63, 3.8) is 0 Å². The predicted molar refractivity (Wildman–Crippen MR) is 77.1 cm³/mol. The summed E-state index contributed by atoms with van der Waals surface area (Å²) in [6, 6.07) is 0. The molecule has 0 aliphatic rings. The molecule has 130 valence electrons. The molecule has 0 rings (SSSR count). The van der Waals surface area contributed by atoms with Gasteiger partial charge in [-0.05, 0) is 0 Å². The van der Waals surface area contributed by atoms with Gasteiger partial charge in [-0.25, -0.2) is 0 Å². The van der Waals surface area contributed by atoms with Crippen LogP contribution in [0.5, 0.6) is 0 Å². The van der Waals surface area contributed by atoms with Crippen LogP contribution in [0.2, 0.25) is 0 Å². The zero-order valence-electron chi connectivity index (χ0n) is 13.4. The molecule has 12 heteroatoms. The second-order valence-corrected chi connectivity index (χ2v) is 2.65. The maximum absolute atomic E-state index is 9.00. The first-order valence-electron chi connectivity index (χ1n) is 5.03. The first-order valence-corrected chi connectivity index (χ1v) is 5.03. The monoisotopic (exact) mass is 378 g/mol. The summed E-state index contributed by atoms with van der Waals surface area (Å²) in [5.74, 6) is -3.33. The van der Waals surface area contributed by atoms with Crippen LogP contribution >= 0.6 is 0 Å². The van der Waals surface area contributed by atoms with E-state index in [-0.39, 0.29) is 46.6 Å². The molecule has 0 atom stereocenters. The Balaban J connectivity index is -0.0000000250. The largest absolute Gasteiger partial charge is 0.481 e. The minimum atomic E-state index is -0.833. The van der Waals surface area contributed by atoms with E-state index in [4.69, 9.17) is 51.1 Å². The maximum atomic E-state index is 9.00. The quantitative estimate of drug-likeness (QED) is 0.304. The summed E-state index contributed by atoms with van der Waals surface area (Å²) in [6.45, 7) is 5.53. The van der Waals surface area contributed by atoms with E-state index in [1.54, 1.807) is 0 Å². The molecule has 0 bridgehead atoms. The summed E-state index contributed by atoms with van der Waals surface area (Å²) in [5, 5.41) is 29.7. The Morgan fingerprint density at radius 3 is 0.682 bits per heavy atom. The van der Waals surface area contributed by atoms with E-state index in [0.717, 1.165) is 27.7 Å². The van der Waals surface area contributed by atoms with Crippen LogP contribution in [0.15, 0.2) is 0 Å². The van der Waals surface area contributed by atoms with Crippen LogP contribution in [0, 0.1) is 0 Å². The number of carboxylic acid groups (broad SMARTS) is 4. The van der Waals surface area contributed by atoms with Gasteiger partial charge >= 0.3 is 0 Å². The number of hydrogen-bond donors (Lipinski definition) is 6. The predicted octanol–water partition coefficient (Wildman–Crippen LogP) is -1.12. The van der Waals surface area contributed by atoms with Gasteiger partial charge in [-0.15, -0.1) is 0 Å². The second kappa shape index (κ2) is 42.7. The van der Waals surface area contributed by atoms with Crippen LogP contribution < -0.4 is 11.5 Å². The van der Waals surface area contributed by atoms with Gasteiger partial charge in [-0.2, -0.15) is 0 Å². The molecule has 0 aromatic carbocycles. The average molecular weight is 378 g/mol. The number of aliphatic carboxylic acids is 4. The van der Waals surface area contributed by atoms with E-state index in [1.807, 2.05) is 0 Å². The van der Waals surface area contributed by atoms with E-state index >= 15 is 0 Å². The van der Waals surface area contributed by atoms with Gasteiger partial charge in [0.2, 0.25) is 0 Å². The topological polar surface area (TPSA) is 201 Å². The van der Waals surface area contributed by atoms with Gasteiger partial charge in [0.15, 0.2) is 0 Å². The molecule has 10 nitrogen and oxygen atoms in total. The van der Waals surface area contributed by atoms with Gasteiger partial charge in [-0.3, -0.25) is 19.2 Å². The van der Waals surface area contributed by atoms with E-state index in [0.29, 0.717) is 13.1 Å². The molecule has 0 aliphatic carbocycles.